The fraction of sp³-hybridized carbons (Fsp3) is 0.750. The molecule has 0 spiro atoms. The largest absolute Gasteiger partial charge is 0.480 e. The van der Waals surface area contributed by atoms with Crippen molar-refractivity contribution in [1.29, 1.82) is 5.26 Å². The highest BCUT2D eigenvalue weighted by Crippen LogP contribution is 1.96. The first-order valence-corrected chi connectivity index (χ1v) is 4.09. The molecule has 0 aromatic rings. The van der Waals surface area contributed by atoms with Crippen molar-refractivity contribution in [1.82, 2.24) is 0 Å². The van der Waals surface area contributed by atoms with E-state index in [1.165, 1.54) is 6.92 Å². The molecule has 0 heterocycles. The van der Waals surface area contributed by atoms with Crippen LogP contribution in [0.25, 0.3) is 0 Å². The van der Waals surface area contributed by atoms with Crippen molar-refractivity contribution in [3.05, 3.63) is 0 Å². The summed E-state index contributed by atoms with van der Waals surface area (Å²) >= 11 is 0. The van der Waals surface area contributed by atoms with E-state index >= 15 is 0 Å². The maximum Gasteiger partial charge on any atom is 0.320 e. The summed E-state index contributed by atoms with van der Waals surface area (Å²) in [4.78, 5) is 10.1. The number of carboxylic acids is 1. The summed E-state index contributed by atoms with van der Waals surface area (Å²) in [5.74, 6) is -0.933. The predicted molar refractivity (Wildman–Crippen MR) is 49.8 cm³/mol. The van der Waals surface area contributed by atoms with Gasteiger partial charge in [0, 0.05) is 6.92 Å². The Morgan fingerprint density at radius 2 is 2.08 bits per heavy atom. The van der Waals surface area contributed by atoms with Gasteiger partial charge < -0.3 is 16.6 Å². The fourth-order valence-corrected chi connectivity index (χ4v) is 0.632. The summed E-state index contributed by atoms with van der Waals surface area (Å²) in [6.45, 7) is 2.03. The quantitative estimate of drug-likeness (QED) is 0.526. The minimum atomic E-state index is -0.933. The minimum absolute atomic E-state index is 0.520. The van der Waals surface area contributed by atoms with Crippen molar-refractivity contribution >= 4 is 5.97 Å². The molecule has 5 N–H and O–H groups in total. The molecule has 0 radical (unpaired) electrons. The zero-order valence-corrected chi connectivity index (χ0v) is 7.86. The number of unbranched alkanes of at least 4 members (excludes halogenated alkanes) is 1. The second-order valence-corrected chi connectivity index (χ2v) is 2.45. The molecule has 0 bridgehead atoms. The maximum atomic E-state index is 10.1. The molecule has 5 heteroatoms. The van der Waals surface area contributed by atoms with E-state index in [1.54, 1.807) is 6.07 Å². The normalized spacial score (nSPS) is 10.6. The lowest BCUT2D eigenvalue weighted by Gasteiger charge is -2.03. The number of carboxylic acid groups (broad SMARTS) is 1. The summed E-state index contributed by atoms with van der Waals surface area (Å²) in [5, 5.41) is 15.6. The zero-order valence-electron chi connectivity index (χ0n) is 7.86. The molecule has 13 heavy (non-hydrogen) atoms. The standard InChI is InChI=1S/C6H14N2O2.C2H3N/c7-4-2-1-3-5(8)6(9)10;1-2-3/h5H,1-4,7-8H2,(H,9,10);1H3. The third kappa shape index (κ3) is 13.8. The van der Waals surface area contributed by atoms with Crippen LogP contribution in [-0.4, -0.2) is 23.7 Å². The van der Waals surface area contributed by atoms with Crippen molar-refractivity contribution in [3.8, 4) is 6.07 Å². The van der Waals surface area contributed by atoms with Gasteiger partial charge in [-0.1, -0.05) is 6.42 Å². The molecule has 0 aliphatic heterocycles. The first-order valence-electron chi connectivity index (χ1n) is 4.09. The van der Waals surface area contributed by atoms with Crippen LogP contribution in [0.15, 0.2) is 0 Å². The molecule has 0 rings (SSSR count). The van der Waals surface area contributed by atoms with Crippen molar-refractivity contribution in [2.24, 2.45) is 11.5 Å². The number of hydrogen-bond donors (Lipinski definition) is 3. The minimum Gasteiger partial charge on any atom is -0.480 e. The number of aliphatic carboxylic acids is 1. The Balaban J connectivity index is 0. The lowest BCUT2D eigenvalue weighted by molar-refractivity contribution is -0.138. The molecule has 0 saturated carbocycles. The number of hydrogen-bond acceptors (Lipinski definition) is 4. The SMILES string of the molecule is CC#N.NCCCCC(N)C(=O)O. The number of carbonyl (C=O) groups is 1. The molecule has 0 amide bonds. The Morgan fingerprint density at radius 1 is 1.62 bits per heavy atom. The van der Waals surface area contributed by atoms with E-state index in [0.717, 1.165) is 12.8 Å². The summed E-state index contributed by atoms with van der Waals surface area (Å²) in [6, 6.07) is 1.03. The van der Waals surface area contributed by atoms with E-state index in [1.807, 2.05) is 0 Å². The molecule has 0 aromatic carbocycles. The molecule has 0 aliphatic carbocycles. The van der Waals surface area contributed by atoms with Gasteiger partial charge in [-0.05, 0) is 19.4 Å². The van der Waals surface area contributed by atoms with Gasteiger partial charge in [-0.2, -0.15) is 5.26 Å². The number of nitrogens with zero attached hydrogens (tertiary/aromatic N) is 1. The Hall–Kier alpha value is -1.12. The molecule has 76 valence electrons. The number of nitriles is 1. The monoisotopic (exact) mass is 187 g/mol. The van der Waals surface area contributed by atoms with Gasteiger partial charge in [-0.3, -0.25) is 4.79 Å². The molecule has 1 unspecified atom stereocenters. The van der Waals surface area contributed by atoms with Gasteiger partial charge >= 0.3 is 5.97 Å². The van der Waals surface area contributed by atoms with Gasteiger partial charge in [0.2, 0.25) is 0 Å². The van der Waals surface area contributed by atoms with Crippen molar-refractivity contribution in [3.63, 3.8) is 0 Å². The highest BCUT2D eigenvalue weighted by atomic mass is 16.4. The third-order valence-corrected chi connectivity index (χ3v) is 1.29. The van der Waals surface area contributed by atoms with Gasteiger partial charge in [-0.25, -0.2) is 0 Å². The van der Waals surface area contributed by atoms with Crippen LogP contribution in [-0.2, 0) is 4.79 Å². The average Bonchev–Trinajstić information content (AvgIpc) is 2.06. The molecule has 0 saturated heterocycles. The van der Waals surface area contributed by atoms with Crippen molar-refractivity contribution in [2.75, 3.05) is 6.54 Å². The summed E-state index contributed by atoms with van der Waals surface area (Å²) in [5.41, 5.74) is 10.4. The molecule has 5 nitrogen and oxygen atoms in total. The lowest BCUT2D eigenvalue weighted by atomic mass is 10.1. The summed E-state index contributed by atoms with van der Waals surface area (Å²) < 4.78 is 0. The Kier molecular flexibility index (Phi) is 12.1. The predicted octanol–water partition coefficient (Wildman–Crippen LogP) is 0.0572. The number of rotatable bonds is 5. The Morgan fingerprint density at radius 3 is 2.38 bits per heavy atom. The second-order valence-electron chi connectivity index (χ2n) is 2.45. The zero-order chi connectivity index (χ0) is 10.7. The topological polar surface area (TPSA) is 113 Å². The van der Waals surface area contributed by atoms with Crippen LogP contribution in [0.1, 0.15) is 26.2 Å². The van der Waals surface area contributed by atoms with Gasteiger partial charge in [0.1, 0.15) is 6.04 Å². The molecule has 0 aromatic heterocycles. The first kappa shape index (κ1) is 14.4. The van der Waals surface area contributed by atoms with E-state index in [2.05, 4.69) is 0 Å². The van der Waals surface area contributed by atoms with Crippen LogP contribution in [0.2, 0.25) is 0 Å². The highest BCUT2D eigenvalue weighted by Gasteiger charge is 2.09. The van der Waals surface area contributed by atoms with Crippen LogP contribution in [0.4, 0.5) is 0 Å². The van der Waals surface area contributed by atoms with Crippen LogP contribution < -0.4 is 11.5 Å². The third-order valence-electron chi connectivity index (χ3n) is 1.29. The van der Waals surface area contributed by atoms with Gasteiger partial charge in [-0.15, -0.1) is 0 Å². The molecule has 0 aliphatic rings. The van der Waals surface area contributed by atoms with E-state index in [-0.39, 0.29) is 0 Å². The van der Waals surface area contributed by atoms with Gasteiger partial charge in [0.15, 0.2) is 0 Å². The van der Waals surface area contributed by atoms with E-state index < -0.39 is 12.0 Å². The van der Waals surface area contributed by atoms with Crippen LogP contribution in [0.5, 0.6) is 0 Å². The Bertz CT molecular complexity index is 165. The smallest absolute Gasteiger partial charge is 0.320 e. The van der Waals surface area contributed by atoms with Crippen molar-refractivity contribution < 1.29 is 9.90 Å². The van der Waals surface area contributed by atoms with Crippen LogP contribution in [0.3, 0.4) is 0 Å². The molecular weight excluding hydrogens is 170 g/mol. The molecular formula is C8H17N3O2. The van der Waals surface area contributed by atoms with Gasteiger partial charge in [0.05, 0.1) is 6.07 Å². The summed E-state index contributed by atoms with van der Waals surface area (Å²) in [7, 11) is 0. The highest BCUT2D eigenvalue weighted by molar-refractivity contribution is 5.72. The van der Waals surface area contributed by atoms with Crippen LogP contribution >= 0.6 is 0 Å². The Labute approximate surface area is 78.3 Å². The van der Waals surface area contributed by atoms with E-state index in [0.29, 0.717) is 13.0 Å². The summed E-state index contributed by atoms with van der Waals surface area (Å²) in [6.07, 6.45) is 2.16. The van der Waals surface area contributed by atoms with Crippen molar-refractivity contribution in [2.45, 2.75) is 32.2 Å². The molecule has 0 fully saturated rings. The first-order chi connectivity index (χ1) is 6.09. The van der Waals surface area contributed by atoms with E-state index in [4.69, 9.17) is 21.8 Å². The van der Waals surface area contributed by atoms with Crippen LogP contribution in [0, 0.1) is 11.3 Å². The fourth-order valence-electron chi connectivity index (χ4n) is 0.632. The van der Waals surface area contributed by atoms with Gasteiger partial charge in [0.25, 0.3) is 0 Å². The number of nitrogens with two attached hydrogens (primary N) is 2. The average molecular weight is 187 g/mol. The van der Waals surface area contributed by atoms with E-state index in [9.17, 15) is 4.79 Å². The maximum absolute atomic E-state index is 10.1. The molecule has 1 atom stereocenters. The lowest BCUT2D eigenvalue weighted by Crippen LogP contribution is -2.29. The second kappa shape index (κ2) is 10.9.